The van der Waals surface area contributed by atoms with Crippen molar-refractivity contribution in [2.45, 2.75) is 17.4 Å². The smallest absolute Gasteiger partial charge is 0.231 e. The van der Waals surface area contributed by atoms with Crippen molar-refractivity contribution in [1.82, 2.24) is 0 Å². The van der Waals surface area contributed by atoms with Crippen molar-refractivity contribution in [2.24, 2.45) is 11.7 Å². The highest BCUT2D eigenvalue weighted by atomic mass is 32.2. The van der Waals surface area contributed by atoms with E-state index < -0.39 is 0 Å². The summed E-state index contributed by atoms with van der Waals surface area (Å²) in [5.74, 6) is 1.25. The normalized spacial score (nSPS) is 27.4. The molecule has 1 aliphatic carbocycles. The first-order valence-electron chi connectivity index (χ1n) is 5.56. The zero-order valence-electron chi connectivity index (χ0n) is 8.93. The van der Waals surface area contributed by atoms with Gasteiger partial charge in [-0.25, -0.2) is 0 Å². The van der Waals surface area contributed by atoms with Gasteiger partial charge in [0.05, 0.1) is 11.6 Å². The molecule has 0 radical (unpaired) electrons. The summed E-state index contributed by atoms with van der Waals surface area (Å²) in [5.41, 5.74) is 6.80. The Hall–Kier alpha value is -1.00. The second kappa shape index (κ2) is 3.79. The third-order valence-electron chi connectivity index (χ3n) is 3.15. The lowest BCUT2D eigenvalue weighted by atomic mass is 10.2. The van der Waals surface area contributed by atoms with E-state index in [0.717, 1.165) is 24.4 Å². The van der Waals surface area contributed by atoms with E-state index in [0.29, 0.717) is 0 Å². The van der Waals surface area contributed by atoms with Crippen LogP contribution in [0.3, 0.4) is 0 Å². The monoisotopic (exact) mass is 234 g/mol. The first-order chi connectivity index (χ1) is 7.77. The van der Waals surface area contributed by atoms with Gasteiger partial charge in [-0.3, -0.25) is 4.79 Å². The molecule has 2 N–H and O–H groups in total. The molecule has 1 fully saturated rings. The van der Waals surface area contributed by atoms with E-state index in [1.54, 1.807) is 0 Å². The van der Waals surface area contributed by atoms with Gasteiger partial charge in [0, 0.05) is 23.2 Å². The maximum Gasteiger partial charge on any atom is 0.231 e. The number of hydrogen-bond donors (Lipinski definition) is 1. The first kappa shape index (κ1) is 10.2. The van der Waals surface area contributed by atoms with Crippen LogP contribution in [-0.4, -0.2) is 24.2 Å². The Morgan fingerprint density at radius 1 is 1.44 bits per heavy atom. The van der Waals surface area contributed by atoms with Gasteiger partial charge in [-0.1, -0.05) is 12.1 Å². The molecule has 1 heterocycles. The summed E-state index contributed by atoms with van der Waals surface area (Å²) >= 11 is 1.82. The second-order valence-electron chi connectivity index (χ2n) is 4.31. The average molecular weight is 234 g/mol. The molecule has 0 spiro atoms. The lowest BCUT2D eigenvalue weighted by Gasteiger charge is -2.29. The van der Waals surface area contributed by atoms with Crippen molar-refractivity contribution in [3.8, 4) is 0 Å². The van der Waals surface area contributed by atoms with Crippen LogP contribution >= 0.6 is 11.8 Å². The minimum atomic E-state index is 0.0659. The van der Waals surface area contributed by atoms with Gasteiger partial charge in [0.15, 0.2) is 0 Å². The molecule has 3 rings (SSSR count). The molecule has 1 amide bonds. The fraction of sp³-hybridized carbons (Fsp3) is 0.417. The molecular weight excluding hydrogens is 220 g/mol. The number of hydrogen-bond acceptors (Lipinski definition) is 3. The summed E-state index contributed by atoms with van der Waals surface area (Å²) in [6, 6.07) is 8.19. The summed E-state index contributed by atoms with van der Waals surface area (Å²) in [6.07, 6.45) is 0.852. The van der Waals surface area contributed by atoms with E-state index in [-0.39, 0.29) is 17.9 Å². The molecule has 0 aromatic heterocycles. The highest BCUT2D eigenvalue weighted by Gasteiger charge is 2.43. The number of anilines is 1. The molecule has 4 heteroatoms. The number of benzene rings is 1. The molecule has 1 aromatic carbocycles. The summed E-state index contributed by atoms with van der Waals surface area (Å²) in [4.78, 5) is 15.3. The van der Waals surface area contributed by atoms with Crippen molar-refractivity contribution < 1.29 is 4.79 Å². The van der Waals surface area contributed by atoms with Gasteiger partial charge in [0.1, 0.15) is 0 Å². The molecule has 1 saturated carbocycles. The molecule has 3 nitrogen and oxygen atoms in total. The SMILES string of the molecule is NC1CC1C(=O)N1CCSc2ccccc21. The summed E-state index contributed by atoms with van der Waals surface area (Å²) in [7, 11) is 0. The van der Waals surface area contributed by atoms with Crippen LogP contribution in [0.5, 0.6) is 0 Å². The van der Waals surface area contributed by atoms with Crippen molar-refractivity contribution in [3.05, 3.63) is 24.3 Å². The van der Waals surface area contributed by atoms with Crippen LogP contribution in [-0.2, 0) is 4.79 Å². The zero-order valence-corrected chi connectivity index (χ0v) is 9.74. The Labute approximate surface area is 99.0 Å². The Morgan fingerprint density at radius 3 is 2.94 bits per heavy atom. The fourth-order valence-electron chi connectivity index (χ4n) is 2.10. The predicted molar refractivity (Wildman–Crippen MR) is 65.6 cm³/mol. The largest absolute Gasteiger partial charge is 0.327 e. The van der Waals surface area contributed by atoms with E-state index >= 15 is 0 Å². The quantitative estimate of drug-likeness (QED) is 0.800. The summed E-state index contributed by atoms with van der Waals surface area (Å²) < 4.78 is 0. The number of fused-ring (bicyclic) bond motifs is 1. The molecule has 0 saturated heterocycles. The minimum absolute atomic E-state index is 0.0659. The summed E-state index contributed by atoms with van der Waals surface area (Å²) in [6.45, 7) is 0.809. The topological polar surface area (TPSA) is 46.3 Å². The molecule has 1 aliphatic heterocycles. The van der Waals surface area contributed by atoms with Crippen LogP contribution in [0.1, 0.15) is 6.42 Å². The maximum absolute atomic E-state index is 12.2. The van der Waals surface area contributed by atoms with E-state index in [1.165, 1.54) is 4.90 Å². The number of nitrogens with two attached hydrogens (primary N) is 1. The Kier molecular flexibility index (Phi) is 2.41. The number of rotatable bonds is 1. The van der Waals surface area contributed by atoms with Gasteiger partial charge in [-0.2, -0.15) is 0 Å². The van der Waals surface area contributed by atoms with Crippen molar-refractivity contribution in [2.75, 3.05) is 17.2 Å². The lowest BCUT2D eigenvalue weighted by Crippen LogP contribution is -2.37. The number of carbonyl (C=O) groups is 1. The lowest BCUT2D eigenvalue weighted by molar-refractivity contribution is -0.119. The molecular formula is C12H14N2OS. The van der Waals surface area contributed by atoms with Gasteiger partial charge < -0.3 is 10.6 Å². The van der Waals surface area contributed by atoms with E-state index in [9.17, 15) is 4.79 Å². The zero-order chi connectivity index (χ0) is 11.1. The maximum atomic E-state index is 12.2. The van der Waals surface area contributed by atoms with Gasteiger partial charge in [0.25, 0.3) is 0 Å². The standard InChI is InChI=1S/C12H14N2OS/c13-9-7-8(9)12(15)14-5-6-16-11-4-2-1-3-10(11)14/h1-4,8-9H,5-7,13H2. The highest BCUT2D eigenvalue weighted by molar-refractivity contribution is 7.99. The first-order valence-corrected chi connectivity index (χ1v) is 6.55. The van der Waals surface area contributed by atoms with Gasteiger partial charge in [-0.15, -0.1) is 11.8 Å². The Bertz CT molecular complexity index is 435. The molecule has 84 valence electrons. The number of amides is 1. The van der Waals surface area contributed by atoms with Crippen molar-refractivity contribution in [3.63, 3.8) is 0 Å². The van der Waals surface area contributed by atoms with E-state index in [1.807, 2.05) is 34.9 Å². The number of thioether (sulfide) groups is 1. The number of para-hydroxylation sites is 1. The van der Waals surface area contributed by atoms with Crippen molar-refractivity contribution >= 4 is 23.4 Å². The molecule has 16 heavy (non-hydrogen) atoms. The third-order valence-corrected chi connectivity index (χ3v) is 4.19. The molecule has 0 bridgehead atoms. The number of carbonyl (C=O) groups excluding carboxylic acids is 1. The highest BCUT2D eigenvalue weighted by Crippen LogP contribution is 2.38. The molecule has 1 aromatic rings. The van der Waals surface area contributed by atoms with Crippen LogP contribution in [0.15, 0.2) is 29.2 Å². The van der Waals surface area contributed by atoms with Crippen LogP contribution < -0.4 is 10.6 Å². The van der Waals surface area contributed by atoms with Crippen LogP contribution in [0.25, 0.3) is 0 Å². The molecule has 2 atom stereocenters. The van der Waals surface area contributed by atoms with Crippen LogP contribution in [0.2, 0.25) is 0 Å². The molecule has 2 aliphatic rings. The molecule has 2 unspecified atom stereocenters. The van der Waals surface area contributed by atoms with Gasteiger partial charge in [-0.05, 0) is 18.6 Å². The van der Waals surface area contributed by atoms with Crippen molar-refractivity contribution in [1.29, 1.82) is 0 Å². The van der Waals surface area contributed by atoms with E-state index in [4.69, 9.17) is 5.73 Å². The van der Waals surface area contributed by atoms with Crippen LogP contribution in [0.4, 0.5) is 5.69 Å². The fourth-order valence-corrected chi connectivity index (χ4v) is 3.09. The number of nitrogens with zero attached hydrogens (tertiary/aromatic N) is 1. The third kappa shape index (κ3) is 1.62. The van der Waals surface area contributed by atoms with Crippen LogP contribution in [0, 0.1) is 5.92 Å². The summed E-state index contributed by atoms with van der Waals surface area (Å²) in [5, 5.41) is 0. The predicted octanol–water partition coefficient (Wildman–Crippen LogP) is 1.47. The minimum Gasteiger partial charge on any atom is -0.327 e. The second-order valence-corrected chi connectivity index (χ2v) is 5.45. The van der Waals surface area contributed by atoms with Gasteiger partial charge in [0.2, 0.25) is 5.91 Å². The Morgan fingerprint density at radius 2 is 2.19 bits per heavy atom. The average Bonchev–Trinajstić information content (AvgIpc) is 3.05. The van der Waals surface area contributed by atoms with E-state index in [2.05, 4.69) is 6.07 Å². The van der Waals surface area contributed by atoms with Gasteiger partial charge >= 0.3 is 0 Å². The Balaban J connectivity index is 1.90.